The van der Waals surface area contributed by atoms with Crippen LogP contribution in [0.15, 0.2) is 34.9 Å². The van der Waals surface area contributed by atoms with Crippen LogP contribution in [0.4, 0.5) is 5.69 Å². The van der Waals surface area contributed by atoms with Crippen LogP contribution in [0.3, 0.4) is 0 Å². The second-order valence-electron chi connectivity index (χ2n) is 5.23. The maximum Gasteiger partial charge on any atom is 0.354 e. The Balaban J connectivity index is 3.31. The number of hydrogen-bond donors (Lipinski definition) is 2. The Morgan fingerprint density at radius 1 is 1.24 bits per heavy atom. The van der Waals surface area contributed by atoms with Crippen LogP contribution in [-0.4, -0.2) is 58.1 Å². The van der Waals surface area contributed by atoms with Crippen molar-refractivity contribution in [2.45, 2.75) is 11.4 Å². The lowest BCUT2D eigenvalue weighted by atomic mass is 10.2. The van der Waals surface area contributed by atoms with Gasteiger partial charge in [0, 0.05) is 12.2 Å². The van der Waals surface area contributed by atoms with E-state index in [0.717, 1.165) is 26.4 Å². The number of carbonyl (C=O) groups excluding carboxylic acids is 2. The van der Waals surface area contributed by atoms with Crippen LogP contribution in [-0.2, 0) is 35.7 Å². The van der Waals surface area contributed by atoms with Crippen LogP contribution in [0.2, 0.25) is 0 Å². The van der Waals surface area contributed by atoms with Gasteiger partial charge < -0.3 is 19.7 Å². The maximum atomic E-state index is 11.7. The molecule has 0 spiro atoms. The van der Waals surface area contributed by atoms with Crippen molar-refractivity contribution in [1.82, 2.24) is 4.90 Å². The van der Waals surface area contributed by atoms with E-state index >= 15 is 0 Å². The molecule has 0 aliphatic heterocycles. The lowest BCUT2D eigenvalue weighted by Crippen LogP contribution is -2.17. The number of ether oxygens (including phenoxy) is 2. The van der Waals surface area contributed by atoms with Gasteiger partial charge in [0.05, 0.1) is 20.3 Å². The highest BCUT2D eigenvalue weighted by Gasteiger charge is 2.19. The molecular weight excluding hydrogens is 352 g/mol. The SMILES string of the molecule is COC(=O)/C=C(/Nc1ccc(CN(C)C)c(S(=O)(=O)O)c1)C(=O)OC. The van der Waals surface area contributed by atoms with Crippen molar-refractivity contribution in [2.24, 2.45) is 0 Å². The quantitative estimate of drug-likeness (QED) is 0.403. The summed E-state index contributed by atoms with van der Waals surface area (Å²) in [7, 11) is 1.27. The van der Waals surface area contributed by atoms with E-state index in [9.17, 15) is 22.6 Å². The summed E-state index contributed by atoms with van der Waals surface area (Å²) in [5.41, 5.74) is 0.279. The summed E-state index contributed by atoms with van der Waals surface area (Å²) in [4.78, 5) is 24.5. The fourth-order valence-corrected chi connectivity index (χ4v) is 2.67. The molecule has 2 N–H and O–H groups in total. The van der Waals surface area contributed by atoms with Gasteiger partial charge in [-0.2, -0.15) is 8.42 Å². The van der Waals surface area contributed by atoms with Gasteiger partial charge in [-0.15, -0.1) is 0 Å². The van der Waals surface area contributed by atoms with E-state index in [4.69, 9.17) is 0 Å². The summed E-state index contributed by atoms with van der Waals surface area (Å²) in [6, 6.07) is 4.14. The number of anilines is 1. The number of esters is 2. The second-order valence-corrected chi connectivity index (χ2v) is 6.62. The summed E-state index contributed by atoms with van der Waals surface area (Å²) in [6.45, 7) is 0.275. The molecule has 0 saturated carbocycles. The summed E-state index contributed by atoms with van der Waals surface area (Å²) in [5, 5.41) is 2.58. The van der Waals surface area contributed by atoms with Gasteiger partial charge in [0.2, 0.25) is 0 Å². The summed E-state index contributed by atoms with van der Waals surface area (Å²) < 4.78 is 41.7. The Morgan fingerprint density at radius 3 is 2.36 bits per heavy atom. The van der Waals surface area contributed by atoms with E-state index in [2.05, 4.69) is 14.8 Å². The van der Waals surface area contributed by atoms with Gasteiger partial charge in [0.1, 0.15) is 10.6 Å². The van der Waals surface area contributed by atoms with E-state index in [1.54, 1.807) is 19.0 Å². The third-order valence-electron chi connectivity index (χ3n) is 2.98. The van der Waals surface area contributed by atoms with Crippen LogP contribution in [0.25, 0.3) is 0 Å². The Bertz CT molecular complexity index is 785. The van der Waals surface area contributed by atoms with Gasteiger partial charge in [0.15, 0.2) is 0 Å². The zero-order valence-corrected chi connectivity index (χ0v) is 15.1. The number of methoxy groups -OCH3 is 2. The minimum Gasteiger partial charge on any atom is -0.466 e. The molecule has 0 bridgehead atoms. The first-order chi connectivity index (χ1) is 11.6. The van der Waals surface area contributed by atoms with E-state index in [1.807, 2.05) is 0 Å². The standard InChI is InChI=1S/C15H20N2O7S/c1-17(2)9-10-5-6-11(7-13(10)25(20,21)22)16-12(15(19)24-4)8-14(18)23-3/h5-8,16H,9H2,1-4H3,(H,20,21,22)/b12-8+. The second kappa shape index (κ2) is 8.60. The molecule has 0 fully saturated rings. The van der Waals surface area contributed by atoms with E-state index < -0.39 is 22.1 Å². The monoisotopic (exact) mass is 372 g/mol. The Morgan fingerprint density at radius 2 is 1.88 bits per heavy atom. The number of nitrogens with zero attached hydrogens (tertiary/aromatic N) is 1. The molecule has 0 aliphatic rings. The lowest BCUT2D eigenvalue weighted by molar-refractivity contribution is -0.138. The van der Waals surface area contributed by atoms with Crippen LogP contribution >= 0.6 is 0 Å². The maximum absolute atomic E-state index is 11.7. The Hall–Kier alpha value is -2.43. The molecular formula is C15H20N2O7S. The number of hydrogen-bond acceptors (Lipinski definition) is 8. The zero-order valence-electron chi connectivity index (χ0n) is 14.3. The van der Waals surface area contributed by atoms with Gasteiger partial charge in [0.25, 0.3) is 10.1 Å². The van der Waals surface area contributed by atoms with E-state index in [1.165, 1.54) is 12.1 Å². The molecule has 25 heavy (non-hydrogen) atoms. The average molecular weight is 372 g/mol. The summed E-state index contributed by atoms with van der Waals surface area (Å²) >= 11 is 0. The smallest absolute Gasteiger partial charge is 0.354 e. The van der Waals surface area contributed by atoms with Crippen LogP contribution in [0.1, 0.15) is 5.56 Å². The predicted octanol–water partition coefficient (Wildman–Crippen LogP) is 0.637. The molecule has 0 amide bonds. The van der Waals surface area contributed by atoms with Crippen molar-refractivity contribution in [3.05, 3.63) is 35.5 Å². The number of rotatable bonds is 7. The fourth-order valence-electron chi connectivity index (χ4n) is 1.93. The topological polar surface area (TPSA) is 122 Å². The molecule has 0 aromatic heterocycles. The molecule has 0 heterocycles. The molecule has 0 atom stereocenters. The molecule has 1 aromatic carbocycles. The Kier molecular flexibility index (Phi) is 7.09. The minimum atomic E-state index is -4.48. The molecule has 1 rings (SSSR count). The molecule has 0 aliphatic carbocycles. The fraction of sp³-hybridized carbons (Fsp3) is 0.333. The normalized spacial score (nSPS) is 12.0. The molecule has 10 heteroatoms. The molecule has 9 nitrogen and oxygen atoms in total. The number of benzene rings is 1. The zero-order chi connectivity index (χ0) is 19.2. The first-order valence-electron chi connectivity index (χ1n) is 6.98. The third-order valence-corrected chi connectivity index (χ3v) is 3.92. The van der Waals surface area contributed by atoms with Crippen molar-refractivity contribution in [3.63, 3.8) is 0 Å². The summed E-state index contributed by atoms with van der Waals surface area (Å²) in [6.07, 6.45) is 0.868. The average Bonchev–Trinajstić information content (AvgIpc) is 2.53. The van der Waals surface area contributed by atoms with Crippen LogP contribution < -0.4 is 5.32 Å². The van der Waals surface area contributed by atoms with Crippen molar-refractivity contribution in [3.8, 4) is 0 Å². The first kappa shape index (κ1) is 20.6. The minimum absolute atomic E-state index is 0.163. The van der Waals surface area contributed by atoms with Crippen molar-refractivity contribution in [1.29, 1.82) is 0 Å². The summed E-state index contributed by atoms with van der Waals surface area (Å²) in [5.74, 6) is -1.65. The molecule has 138 valence electrons. The number of carbonyl (C=O) groups is 2. The number of nitrogens with one attached hydrogen (secondary N) is 1. The lowest BCUT2D eigenvalue weighted by Gasteiger charge is -2.15. The van der Waals surface area contributed by atoms with Crippen molar-refractivity contribution in [2.75, 3.05) is 33.6 Å². The molecule has 1 aromatic rings. The molecule has 0 unspecified atom stereocenters. The highest BCUT2D eigenvalue weighted by atomic mass is 32.2. The highest BCUT2D eigenvalue weighted by Crippen LogP contribution is 2.23. The van der Waals surface area contributed by atoms with Crippen molar-refractivity contribution >= 4 is 27.7 Å². The predicted molar refractivity (Wildman–Crippen MR) is 89.4 cm³/mol. The van der Waals surface area contributed by atoms with E-state index in [-0.39, 0.29) is 22.8 Å². The van der Waals surface area contributed by atoms with Gasteiger partial charge in [-0.3, -0.25) is 4.55 Å². The van der Waals surface area contributed by atoms with Gasteiger partial charge in [-0.05, 0) is 31.8 Å². The van der Waals surface area contributed by atoms with Crippen molar-refractivity contribution < 1.29 is 32.0 Å². The van der Waals surface area contributed by atoms with Crippen LogP contribution in [0, 0.1) is 0 Å². The highest BCUT2D eigenvalue weighted by molar-refractivity contribution is 7.85. The Labute approximate surface area is 146 Å². The third kappa shape index (κ3) is 6.18. The van der Waals surface area contributed by atoms with Gasteiger partial charge in [-0.1, -0.05) is 6.07 Å². The largest absolute Gasteiger partial charge is 0.466 e. The van der Waals surface area contributed by atoms with Crippen LogP contribution in [0.5, 0.6) is 0 Å². The van der Waals surface area contributed by atoms with Gasteiger partial charge in [-0.25, -0.2) is 9.59 Å². The molecule has 0 saturated heterocycles. The molecule has 0 radical (unpaired) electrons. The first-order valence-corrected chi connectivity index (χ1v) is 8.42. The van der Waals surface area contributed by atoms with E-state index in [0.29, 0.717) is 5.56 Å². The van der Waals surface area contributed by atoms with Gasteiger partial charge >= 0.3 is 11.9 Å².